The molecule has 0 aromatic heterocycles. The fourth-order valence-electron chi connectivity index (χ4n) is 0.535. The summed E-state index contributed by atoms with van der Waals surface area (Å²) in [5.41, 5.74) is 0. The molecule has 0 fully saturated rings. The van der Waals surface area contributed by atoms with E-state index in [1.807, 2.05) is 22.6 Å². The number of thiol groups is 1. The standard InChI is InChI=1S/C6H3F2IS/c7-3-1-4(8)6(10)5(9)2-3/h1-2,10H. The summed E-state index contributed by atoms with van der Waals surface area (Å²) in [6.45, 7) is 0. The molecule has 0 radical (unpaired) electrons. The molecule has 0 unspecified atom stereocenters. The molecule has 10 heavy (non-hydrogen) atoms. The van der Waals surface area contributed by atoms with Crippen LogP contribution in [0.5, 0.6) is 0 Å². The second-order valence-electron chi connectivity index (χ2n) is 1.72. The zero-order valence-electron chi connectivity index (χ0n) is 4.74. The molecule has 0 spiro atoms. The Labute approximate surface area is 76.2 Å². The molecule has 4 heteroatoms. The van der Waals surface area contributed by atoms with E-state index in [1.54, 1.807) is 0 Å². The minimum absolute atomic E-state index is 0.196. The number of hydrogen-bond acceptors (Lipinski definition) is 1. The van der Waals surface area contributed by atoms with E-state index >= 15 is 0 Å². The largest absolute Gasteiger partial charge is 0.207 e. The predicted molar refractivity (Wildman–Crippen MR) is 46.3 cm³/mol. The van der Waals surface area contributed by atoms with Crippen molar-refractivity contribution in [2.45, 2.75) is 4.90 Å². The molecule has 0 nitrogen and oxygen atoms in total. The van der Waals surface area contributed by atoms with Gasteiger partial charge in [-0.3, -0.25) is 0 Å². The Morgan fingerprint density at radius 3 is 2.40 bits per heavy atom. The maximum atomic E-state index is 12.5. The third-order valence-corrected chi connectivity index (χ3v) is 2.71. The van der Waals surface area contributed by atoms with Gasteiger partial charge in [0, 0.05) is 9.64 Å². The number of benzene rings is 1. The van der Waals surface area contributed by atoms with Gasteiger partial charge in [0.1, 0.15) is 11.6 Å². The highest BCUT2D eigenvalue weighted by atomic mass is 127. The van der Waals surface area contributed by atoms with Gasteiger partial charge in [0.25, 0.3) is 0 Å². The molecule has 0 aliphatic heterocycles. The summed E-state index contributed by atoms with van der Waals surface area (Å²) in [6.07, 6.45) is 0. The Morgan fingerprint density at radius 1 is 1.30 bits per heavy atom. The van der Waals surface area contributed by atoms with Gasteiger partial charge < -0.3 is 0 Å². The van der Waals surface area contributed by atoms with Crippen molar-refractivity contribution in [3.8, 4) is 0 Å². The first-order chi connectivity index (χ1) is 4.61. The van der Waals surface area contributed by atoms with E-state index in [1.165, 1.54) is 6.07 Å². The molecule has 0 saturated carbocycles. The van der Waals surface area contributed by atoms with Crippen LogP contribution >= 0.6 is 35.2 Å². The van der Waals surface area contributed by atoms with Crippen molar-refractivity contribution in [2.75, 3.05) is 0 Å². The van der Waals surface area contributed by atoms with Crippen LogP contribution in [-0.2, 0) is 0 Å². The van der Waals surface area contributed by atoms with E-state index in [2.05, 4.69) is 12.6 Å². The first kappa shape index (κ1) is 8.26. The first-order valence-electron chi connectivity index (χ1n) is 2.45. The highest BCUT2D eigenvalue weighted by Gasteiger charge is 2.04. The molecule has 0 saturated heterocycles. The molecule has 0 aliphatic rings. The van der Waals surface area contributed by atoms with Crippen molar-refractivity contribution in [3.05, 3.63) is 27.3 Å². The van der Waals surface area contributed by atoms with Gasteiger partial charge >= 0.3 is 0 Å². The van der Waals surface area contributed by atoms with Gasteiger partial charge in [-0.2, -0.15) is 0 Å². The van der Waals surface area contributed by atoms with Gasteiger partial charge in [-0.25, -0.2) is 8.78 Å². The lowest BCUT2D eigenvalue weighted by Gasteiger charge is -1.97. The van der Waals surface area contributed by atoms with E-state index in [4.69, 9.17) is 0 Å². The molecule has 1 rings (SSSR count). The second-order valence-corrected chi connectivity index (χ2v) is 3.33. The summed E-state index contributed by atoms with van der Waals surface area (Å²) in [5, 5.41) is 0. The van der Waals surface area contributed by atoms with Gasteiger partial charge in [0.2, 0.25) is 0 Å². The highest BCUT2D eigenvalue weighted by Crippen LogP contribution is 2.20. The molecule has 0 atom stereocenters. The molecule has 0 heterocycles. The molecular weight excluding hydrogens is 269 g/mol. The summed E-state index contributed by atoms with van der Waals surface area (Å²) >= 11 is 5.63. The molecule has 1 aromatic rings. The fraction of sp³-hybridized carbons (Fsp3) is 0. The maximum absolute atomic E-state index is 12.5. The first-order valence-corrected chi connectivity index (χ1v) is 3.97. The monoisotopic (exact) mass is 272 g/mol. The van der Waals surface area contributed by atoms with Crippen LogP contribution in [0.15, 0.2) is 17.0 Å². The summed E-state index contributed by atoms with van der Waals surface area (Å²) in [5.74, 6) is -1.19. The fourth-order valence-corrected chi connectivity index (χ4v) is 1.22. The molecule has 54 valence electrons. The number of rotatable bonds is 0. The van der Waals surface area contributed by atoms with Crippen molar-refractivity contribution in [2.24, 2.45) is 0 Å². The molecule has 0 N–H and O–H groups in total. The zero-order valence-corrected chi connectivity index (χ0v) is 7.79. The summed E-state index contributed by atoms with van der Waals surface area (Å²) in [7, 11) is 0. The number of halogens is 3. The SMILES string of the molecule is Fc1cc(F)c(S)c(I)c1. The zero-order chi connectivity index (χ0) is 7.72. The lowest BCUT2D eigenvalue weighted by Crippen LogP contribution is -1.85. The Balaban J connectivity index is 3.31. The van der Waals surface area contributed by atoms with Crippen molar-refractivity contribution in [1.29, 1.82) is 0 Å². The van der Waals surface area contributed by atoms with E-state index in [9.17, 15) is 8.78 Å². The van der Waals surface area contributed by atoms with Crippen LogP contribution in [0.2, 0.25) is 0 Å². The summed E-state index contributed by atoms with van der Waals surface area (Å²) < 4.78 is 25.3. The van der Waals surface area contributed by atoms with Crippen molar-refractivity contribution in [1.82, 2.24) is 0 Å². The van der Waals surface area contributed by atoms with E-state index in [0.717, 1.165) is 6.07 Å². The smallest absolute Gasteiger partial charge is 0.140 e. The lowest BCUT2D eigenvalue weighted by molar-refractivity contribution is 0.563. The van der Waals surface area contributed by atoms with Crippen LogP contribution < -0.4 is 0 Å². The average Bonchev–Trinajstić information content (AvgIpc) is 1.82. The van der Waals surface area contributed by atoms with Crippen molar-refractivity contribution < 1.29 is 8.78 Å². The van der Waals surface area contributed by atoms with Crippen LogP contribution in [0.4, 0.5) is 8.78 Å². The molecule has 1 aromatic carbocycles. The topological polar surface area (TPSA) is 0 Å². The Kier molecular flexibility index (Phi) is 2.51. The minimum Gasteiger partial charge on any atom is -0.207 e. The summed E-state index contributed by atoms with van der Waals surface area (Å²) in [4.78, 5) is 0.196. The lowest BCUT2D eigenvalue weighted by atomic mass is 10.3. The highest BCUT2D eigenvalue weighted by molar-refractivity contribution is 14.1. The van der Waals surface area contributed by atoms with Crippen LogP contribution in [0, 0.1) is 15.2 Å². The van der Waals surface area contributed by atoms with Crippen molar-refractivity contribution >= 4 is 35.2 Å². The van der Waals surface area contributed by atoms with Gasteiger partial charge in [0.15, 0.2) is 0 Å². The normalized spacial score (nSPS) is 10.0. The van der Waals surface area contributed by atoms with Gasteiger partial charge in [-0.15, -0.1) is 12.6 Å². The Hall–Kier alpha value is 0.160. The second kappa shape index (κ2) is 3.04. The average molecular weight is 272 g/mol. The van der Waals surface area contributed by atoms with E-state index in [-0.39, 0.29) is 4.90 Å². The van der Waals surface area contributed by atoms with E-state index < -0.39 is 11.6 Å². The molecule has 0 amide bonds. The van der Waals surface area contributed by atoms with Crippen LogP contribution in [-0.4, -0.2) is 0 Å². The predicted octanol–water partition coefficient (Wildman–Crippen LogP) is 2.86. The van der Waals surface area contributed by atoms with Gasteiger partial charge in [-0.1, -0.05) is 0 Å². The van der Waals surface area contributed by atoms with Crippen LogP contribution in [0.3, 0.4) is 0 Å². The third kappa shape index (κ3) is 1.60. The minimum atomic E-state index is -0.618. The van der Waals surface area contributed by atoms with E-state index in [0.29, 0.717) is 3.57 Å². The van der Waals surface area contributed by atoms with Gasteiger partial charge in [-0.05, 0) is 28.7 Å². The molecule has 0 aliphatic carbocycles. The quantitative estimate of drug-likeness (QED) is 0.545. The molecule has 0 bridgehead atoms. The summed E-state index contributed by atoms with van der Waals surface area (Å²) in [6, 6.07) is 2.04. The Bertz CT molecular complexity index is 239. The van der Waals surface area contributed by atoms with Crippen LogP contribution in [0.1, 0.15) is 0 Å². The number of hydrogen-bond donors (Lipinski definition) is 1. The van der Waals surface area contributed by atoms with Crippen molar-refractivity contribution in [3.63, 3.8) is 0 Å². The van der Waals surface area contributed by atoms with Gasteiger partial charge in [0.05, 0.1) is 4.90 Å². The maximum Gasteiger partial charge on any atom is 0.140 e. The molecular formula is C6H3F2IS. The Morgan fingerprint density at radius 2 is 1.90 bits per heavy atom. The third-order valence-electron chi connectivity index (χ3n) is 0.982. The van der Waals surface area contributed by atoms with Crippen LogP contribution in [0.25, 0.3) is 0 Å².